The zero-order valence-electron chi connectivity index (χ0n) is 21.3. The number of rotatable bonds is 7. The molecular weight excluding hydrogens is 568 g/mol. The second kappa shape index (κ2) is 11.7. The van der Waals surface area contributed by atoms with Crippen molar-refractivity contribution in [2.75, 3.05) is 75.9 Å². The van der Waals surface area contributed by atoms with E-state index in [4.69, 9.17) is 21.1 Å². The number of amides is 1. The molecule has 39 heavy (non-hydrogen) atoms. The van der Waals surface area contributed by atoms with Crippen molar-refractivity contribution in [3.63, 3.8) is 0 Å². The molecule has 0 bridgehead atoms. The van der Waals surface area contributed by atoms with Crippen molar-refractivity contribution in [1.82, 2.24) is 8.61 Å². The number of anilines is 2. The normalized spacial score (nSPS) is 19.8. The SMILES string of the molecule is O=C(Nc1cc(S(=O)(=O)N2CCOCC2)ccc1N1CCCC1)c1ccc(Cl)c(S(=O)(=O)N2CCOCC2)c1. The van der Waals surface area contributed by atoms with E-state index in [1.165, 1.54) is 32.9 Å². The van der Waals surface area contributed by atoms with Crippen molar-refractivity contribution < 1.29 is 31.1 Å². The first-order valence-corrected chi connectivity index (χ1v) is 16.1. The highest BCUT2D eigenvalue weighted by Crippen LogP contribution is 2.33. The van der Waals surface area contributed by atoms with E-state index in [1.54, 1.807) is 12.1 Å². The molecule has 11 nitrogen and oxygen atoms in total. The minimum absolute atomic E-state index is 0.00870. The average molecular weight is 599 g/mol. The average Bonchev–Trinajstić information content (AvgIpc) is 3.49. The number of carbonyl (C=O) groups is 1. The molecule has 3 aliphatic heterocycles. The maximum Gasteiger partial charge on any atom is 0.255 e. The van der Waals surface area contributed by atoms with Crippen LogP contribution in [0.25, 0.3) is 0 Å². The zero-order chi connectivity index (χ0) is 27.6. The van der Waals surface area contributed by atoms with E-state index in [-0.39, 0.29) is 59.8 Å². The Labute approximate surface area is 233 Å². The smallest absolute Gasteiger partial charge is 0.255 e. The van der Waals surface area contributed by atoms with Gasteiger partial charge < -0.3 is 19.7 Å². The lowest BCUT2D eigenvalue weighted by Crippen LogP contribution is -2.40. The molecule has 2 aromatic carbocycles. The van der Waals surface area contributed by atoms with Crippen LogP contribution in [0.1, 0.15) is 23.2 Å². The molecular formula is C25H31ClN4O7S2. The lowest BCUT2D eigenvalue weighted by Gasteiger charge is -2.27. The Bertz CT molecular complexity index is 1430. The topological polar surface area (TPSA) is 126 Å². The summed E-state index contributed by atoms with van der Waals surface area (Å²) in [6.07, 6.45) is 1.97. The van der Waals surface area contributed by atoms with Crippen LogP contribution in [0.4, 0.5) is 11.4 Å². The molecule has 0 atom stereocenters. The van der Waals surface area contributed by atoms with E-state index in [0.29, 0.717) is 24.6 Å². The number of sulfonamides is 2. The molecule has 3 aliphatic rings. The standard InChI is InChI=1S/C25H31ClN4O7S2/c26-21-5-3-19(17-24(21)39(34,35)30-11-15-37-16-12-30)25(31)27-22-18-20(4-6-23(22)28-7-1-2-8-28)38(32,33)29-9-13-36-14-10-29/h3-6,17-18H,1-2,7-16H2,(H,27,31). The fraction of sp³-hybridized carbons (Fsp3) is 0.480. The summed E-state index contributed by atoms with van der Waals surface area (Å²) >= 11 is 6.27. The summed E-state index contributed by atoms with van der Waals surface area (Å²) in [5, 5.41) is 2.85. The molecule has 0 unspecified atom stereocenters. The Hall–Kier alpha value is -2.26. The van der Waals surface area contributed by atoms with E-state index in [2.05, 4.69) is 10.2 Å². The molecule has 5 rings (SSSR count). The molecule has 212 valence electrons. The third-order valence-corrected chi connectivity index (χ3v) is 11.3. The van der Waals surface area contributed by atoms with Crippen molar-refractivity contribution in [2.45, 2.75) is 22.6 Å². The Morgan fingerprint density at radius 2 is 1.36 bits per heavy atom. The molecule has 3 saturated heterocycles. The summed E-state index contributed by atoms with van der Waals surface area (Å²) in [6.45, 7) is 3.65. The van der Waals surface area contributed by atoms with E-state index in [1.807, 2.05) is 0 Å². The lowest BCUT2D eigenvalue weighted by molar-refractivity contribution is 0.0730. The van der Waals surface area contributed by atoms with Crippen LogP contribution in [-0.2, 0) is 29.5 Å². The molecule has 14 heteroatoms. The van der Waals surface area contributed by atoms with Gasteiger partial charge in [0.2, 0.25) is 20.0 Å². The van der Waals surface area contributed by atoms with Crippen molar-refractivity contribution >= 4 is 48.9 Å². The van der Waals surface area contributed by atoms with Crippen LogP contribution in [0.15, 0.2) is 46.2 Å². The Balaban J connectivity index is 1.46. The summed E-state index contributed by atoms with van der Waals surface area (Å²) in [4.78, 5) is 15.4. The molecule has 1 N–H and O–H groups in total. The Morgan fingerprint density at radius 1 is 0.769 bits per heavy atom. The fourth-order valence-electron chi connectivity index (χ4n) is 4.91. The summed E-state index contributed by atoms with van der Waals surface area (Å²) in [5.41, 5.74) is 1.13. The third-order valence-electron chi connectivity index (χ3n) is 7.05. The molecule has 1 amide bonds. The summed E-state index contributed by atoms with van der Waals surface area (Å²) < 4.78 is 66.3. The number of benzene rings is 2. The van der Waals surface area contributed by atoms with Crippen LogP contribution >= 0.6 is 11.6 Å². The zero-order valence-corrected chi connectivity index (χ0v) is 23.7. The van der Waals surface area contributed by atoms with Crippen LogP contribution in [0.3, 0.4) is 0 Å². The van der Waals surface area contributed by atoms with Crippen LogP contribution in [-0.4, -0.2) is 97.0 Å². The lowest BCUT2D eigenvalue weighted by atomic mass is 10.2. The monoisotopic (exact) mass is 598 g/mol. The first-order valence-electron chi connectivity index (χ1n) is 12.8. The highest BCUT2D eigenvalue weighted by atomic mass is 35.5. The molecule has 0 aromatic heterocycles. The van der Waals surface area contributed by atoms with Gasteiger partial charge in [-0.2, -0.15) is 8.61 Å². The first-order chi connectivity index (χ1) is 18.7. The second-order valence-corrected chi connectivity index (χ2v) is 13.8. The highest BCUT2D eigenvalue weighted by molar-refractivity contribution is 7.89. The molecule has 3 fully saturated rings. The molecule has 0 radical (unpaired) electrons. The number of hydrogen-bond donors (Lipinski definition) is 1. The van der Waals surface area contributed by atoms with Crippen LogP contribution in [0, 0.1) is 0 Å². The van der Waals surface area contributed by atoms with Gasteiger partial charge in [-0.15, -0.1) is 0 Å². The molecule has 0 saturated carbocycles. The Morgan fingerprint density at radius 3 is 1.97 bits per heavy atom. The summed E-state index contributed by atoms with van der Waals surface area (Å²) in [5.74, 6) is -0.577. The van der Waals surface area contributed by atoms with E-state index >= 15 is 0 Å². The fourth-order valence-corrected chi connectivity index (χ4v) is 8.25. The van der Waals surface area contributed by atoms with Gasteiger partial charge in [-0.25, -0.2) is 16.8 Å². The molecule has 0 spiro atoms. The number of morpholine rings is 2. The number of halogens is 1. The molecule has 3 heterocycles. The van der Waals surface area contributed by atoms with Gasteiger partial charge in [-0.3, -0.25) is 4.79 Å². The summed E-state index contributed by atoms with van der Waals surface area (Å²) in [7, 11) is -7.74. The molecule has 2 aromatic rings. The maximum absolute atomic E-state index is 13.4. The predicted molar refractivity (Wildman–Crippen MR) is 146 cm³/mol. The first kappa shape index (κ1) is 28.3. The number of hydrogen-bond acceptors (Lipinski definition) is 8. The van der Waals surface area contributed by atoms with Crippen LogP contribution in [0.2, 0.25) is 5.02 Å². The van der Waals surface area contributed by atoms with Crippen molar-refractivity contribution in [3.05, 3.63) is 47.0 Å². The van der Waals surface area contributed by atoms with Gasteiger partial charge in [0.1, 0.15) is 4.90 Å². The van der Waals surface area contributed by atoms with E-state index in [9.17, 15) is 21.6 Å². The number of carbonyl (C=O) groups excluding carboxylic acids is 1. The van der Waals surface area contributed by atoms with Gasteiger partial charge >= 0.3 is 0 Å². The number of nitrogens with zero attached hydrogens (tertiary/aromatic N) is 3. The second-order valence-electron chi connectivity index (χ2n) is 9.51. The van der Waals surface area contributed by atoms with Crippen molar-refractivity contribution in [2.24, 2.45) is 0 Å². The largest absolute Gasteiger partial charge is 0.379 e. The van der Waals surface area contributed by atoms with Gasteiger partial charge in [0.05, 0.1) is 47.7 Å². The maximum atomic E-state index is 13.4. The van der Waals surface area contributed by atoms with Gasteiger partial charge in [0, 0.05) is 44.8 Å². The van der Waals surface area contributed by atoms with Gasteiger partial charge in [-0.05, 0) is 49.2 Å². The Kier molecular flexibility index (Phi) is 8.48. The minimum Gasteiger partial charge on any atom is -0.379 e. The highest BCUT2D eigenvalue weighted by Gasteiger charge is 2.30. The third kappa shape index (κ3) is 5.94. The van der Waals surface area contributed by atoms with E-state index in [0.717, 1.165) is 25.9 Å². The minimum atomic E-state index is -3.94. The molecule has 0 aliphatic carbocycles. The quantitative estimate of drug-likeness (QED) is 0.514. The van der Waals surface area contributed by atoms with Crippen molar-refractivity contribution in [1.29, 1.82) is 0 Å². The number of nitrogens with one attached hydrogen (secondary N) is 1. The van der Waals surface area contributed by atoms with Gasteiger partial charge in [0.15, 0.2) is 0 Å². The summed E-state index contributed by atoms with van der Waals surface area (Å²) in [6, 6.07) is 8.82. The predicted octanol–water partition coefficient (Wildman–Crippen LogP) is 2.23. The van der Waals surface area contributed by atoms with Gasteiger partial charge in [0.25, 0.3) is 5.91 Å². The van der Waals surface area contributed by atoms with Crippen molar-refractivity contribution in [3.8, 4) is 0 Å². The van der Waals surface area contributed by atoms with E-state index < -0.39 is 26.0 Å². The van der Waals surface area contributed by atoms with Crippen LogP contribution in [0.5, 0.6) is 0 Å². The van der Waals surface area contributed by atoms with Crippen LogP contribution < -0.4 is 10.2 Å². The number of ether oxygens (including phenoxy) is 2. The van der Waals surface area contributed by atoms with Gasteiger partial charge in [-0.1, -0.05) is 11.6 Å².